The van der Waals surface area contributed by atoms with Crippen LogP contribution in [0.25, 0.3) is 0 Å². The van der Waals surface area contributed by atoms with Crippen molar-refractivity contribution in [3.05, 3.63) is 75.7 Å². The summed E-state index contributed by atoms with van der Waals surface area (Å²) in [5, 5.41) is 14.5. The highest BCUT2D eigenvalue weighted by Gasteiger charge is 2.25. The maximum Gasteiger partial charge on any atom is 0.303 e. The molecular formula is C33H45N3O3. The predicted molar refractivity (Wildman–Crippen MR) is 156 cm³/mol. The van der Waals surface area contributed by atoms with Crippen LogP contribution in [-0.2, 0) is 48.4 Å². The van der Waals surface area contributed by atoms with Crippen LogP contribution in [0.4, 0.5) is 0 Å². The molecule has 0 saturated heterocycles. The van der Waals surface area contributed by atoms with Gasteiger partial charge in [-0.2, -0.15) is 5.10 Å². The minimum atomic E-state index is -0.802. The van der Waals surface area contributed by atoms with Crippen LogP contribution in [-0.4, -0.2) is 32.4 Å². The van der Waals surface area contributed by atoms with Gasteiger partial charge in [0.05, 0.1) is 18.7 Å². The third-order valence-corrected chi connectivity index (χ3v) is 7.77. The summed E-state index contributed by atoms with van der Waals surface area (Å²) in [6.45, 7) is 13.7. The molecule has 0 saturated carbocycles. The second-order valence-electron chi connectivity index (χ2n) is 13.2. The summed E-state index contributed by atoms with van der Waals surface area (Å²) in [7, 11) is 1.88. The molecule has 2 heterocycles. The predicted octanol–water partition coefficient (Wildman–Crippen LogP) is 6.71. The number of carboxylic acids is 1. The highest BCUT2D eigenvalue weighted by Crippen LogP contribution is 2.35. The zero-order valence-electron chi connectivity index (χ0n) is 24.8. The molecule has 1 aliphatic carbocycles. The van der Waals surface area contributed by atoms with Crippen LogP contribution in [0.1, 0.15) is 106 Å². The number of benzene rings is 1. The quantitative estimate of drug-likeness (QED) is 0.332. The Morgan fingerprint density at radius 3 is 2.28 bits per heavy atom. The number of fused-ring (bicyclic) bond motifs is 1. The molecule has 1 aromatic carbocycles. The number of rotatable bonds is 9. The van der Waals surface area contributed by atoms with Gasteiger partial charge in [-0.15, -0.1) is 0 Å². The van der Waals surface area contributed by atoms with Gasteiger partial charge in [-0.25, -0.2) is 4.68 Å². The molecule has 6 heteroatoms. The summed E-state index contributed by atoms with van der Waals surface area (Å²) in [4.78, 5) is 16.8. The van der Waals surface area contributed by atoms with E-state index in [1.807, 2.05) is 13.1 Å². The molecule has 39 heavy (non-hydrogen) atoms. The van der Waals surface area contributed by atoms with Gasteiger partial charge < -0.3 is 9.84 Å². The van der Waals surface area contributed by atoms with E-state index in [9.17, 15) is 9.90 Å². The first kappa shape index (κ1) is 28.8. The molecule has 210 valence electrons. The molecule has 1 atom stereocenters. The molecule has 3 aromatic rings. The van der Waals surface area contributed by atoms with Crippen molar-refractivity contribution in [1.82, 2.24) is 14.8 Å². The minimum absolute atomic E-state index is 0.0390. The van der Waals surface area contributed by atoms with Crippen LogP contribution in [0.3, 0.4) is 0 Å². The van der Waals surface area contributed by atoms with Gasteiger partial charge in [-0.3, -0.25) is 9.78 Å². The lowest BCUT2D eigenvalue weighted by Crippen LogP contribution is -2.19. The first-order valence-electron chi connectivity index (χ1n) is 14.3. The molecule has 0 aliphatic heterocycles. The Morgan fingerprint density at radius 1 is 0.974 bits per heavy atom. The van der Waals surface area contributed by atoms with E-state index in [-0.39, 0.29) is 23.2 Å². The second-order valence-corrected chi connectivity index (χ2v) is 13.2. The fourth-order valence-corrected chi connectivity index (χ4v) is 5.29. The number of hydrogen-bond acceptors (Lipinski definition) is 4. The Labute approximate surface area is 233 Å². The third kappa shape index (κ3) is 7.49. The maximum absolute atomic E-state index is 11.9. The van der Waals surface area contributed by atoms with Gasteiger partial charge in [0.25, 0.3) is 0 Å². The monoisotopic (exact) mass is 531 g/mol. The molecule has 1 N–H and O–H groups in total. The van der Waals surface area contributed by atoms with E-state index in [1.165, 1.54) is 35.2 Å². The van der Waals surface area contributed by atoms with Crippen molar-refractivity contribution in [2.24, 2.45) is 7.05 Å². The number of aryl methyl sites for hydroxylation is 3. The van der Waals surface area contributed by atoms with E-state index < -0.39 is 5.97 Å². The molecule has 1 aliphatic rings. The summed E-state index contributed by atoms with van der Waals surface area (Å²) in [6, 6.07) is 12.9. The van der Waals surface area contributed by atoms with Gasteiger partial charge in [0.15, 0.2) is 0 Å². The zero-order chi connectivity index (χ0) is 28.4. The van der Waals surface area contributed by atoms with E-state index >= 15 is 0 Å². The van der Waals surface area contributed by atoms with Gasteiger partial charge in [-0.05, 0) is 77.2 Å². The Hall–Kier alpha value is -3.15. The second kappa shape index (κ2) is 11.5. The average molecular weight is 532 g/mol. The number of ether oxygens (including phenoxy) is 1. The summed E-state index contributed by atoms with van der Waals surface area (Å²) in [5.74, 6) is -0.298. The molecule has 0 radical (unpaired) electrons. The molecule has 0 fully saturated rings. The first-order valence-corrected chi connectivity index (χ1v) is 14.3. The molecule has 0 amide bonds. The topological polar surface area (TPSA) is 77.2 Å². The summed E-state index contributed by atoms with van der Waals surface area (Å²) in [5.41, 5.74) is 7.96. The standard InChI is InChI=1S/C33H45N3O3/c1-32(2,3)25-16-23(17-26(20-25)33(4,5)6)24(19-31(37)38)18-28-21-30(36(7)35-28)39-15-14-27-13-12-22-10-8-9-11-29(22)34-27/h12-13,16-17,20-21,24H,8-11,14-15,18-19H2,1-7H3,(H,37,38). The number of hydrogen-bond donors (Lipinski definition) is 1. The number of aromatic nitrogens is 3. The number of aliphatic carboxylic acids is 1. The van der Waals surface area contributed by atoms with Crippen LogP contribution in [0.2, 0.25) is 0 Å². The van der Waals surface area contributed by atoms with E-state index in [4.69, 9.17) is 14.8 Å². The largest absolute Gasteiger partial charge is 0.481 e. The van der Waals surface area contributed by atoms with E-state index in [1.54, 1.807) is 4.68 Å². The molecule has 1 unspecified atom stereocenters. The summed E-state index contributed by atoms with van der Waals surface area (Å²) < 4.78 is 7.86. The van der Waals surface area contributed by atoms with Crippen molar-refractivity contribution in [3.8, 4) is 5.88 Å². The Balaban J connectivity index is 1.50. The normalized spacial score (nSPS) is 14.6. The van der Waals surface area contributed by atoms with Crippen molar-refractivity contribution in [3.63, 3.8) is 0 Å². The van der Waals surface area contributed by atoms with Gasteiger partial charge in [0, 0.05) is 30.9 Å². The van der Waals surface area contributed by atoms with Gasteiger partial charge in [0.2, 0.25) is 5.88 Å². The molecule has 4 rings (SSSR count). The molecule has 6 nitrogen and oxygen atoms in total. The van der Waals surface area contributed by atoms with Crippen molar-refractivity contribution >= 4 is 5.97 Å². The number of carboxylic acid groups (broad SMARTS) is 1. The fraction of sp³-hybridized carbons (Fsp3) is 0.545. The smallest absolute Gasteiger partial charge is 0.303 e. The summed E-state index contributed by atoms with van der Waals surface area (Å²) >= 11 is 0. The van der Waals surface area contributed by atoms with Crippen LogP contribution < -0.4 is 4.74 Å². The lowest BCUT2D eigenvalue weighted by atomic mass is 9.77. The van der Waals surface area contributed by atoms with Gasteiger partial charge in [-0.1, -0.05) is 65.8 Å². The third-order valence-electron chi connectivity index (χ3n) is 7.77. The number of pyridine rings is 1. The lowest BCUT2D eigenvalue weighted by Gasteiger charge is -2.28. The van der Waals surface area contributed by atoms with E-state index in [2.05, 4.69) is 71.9 Å². The Morgan fingerprint density at radius 2 is 1.64 bits per heavy atom. The Kier molecular flexibility index (Phi) is 8.53. The van der Waals surface area contributed by atoms with Crippen LogP contribution in [0.5, 0.6) is 5.88 Å². The highest BCUT2D eigenvalue weighted by molar-refractivity contribution is 5.68. The van der Waals surface area contributed by atoms with Crippen LogP contribution >= 0.6 is 0 Å². The molecule has 2 aromatic heterocycles. The van der Waals surface area contributed by atoms with Gasteiger partial charge in [0.1, 0.15) is 0 Å². The molecular weight excluding hydrogens is 486 g/mol. The van der Waals surface area contributed by atoms with Crippen molar-refractivity contribution in [2.45, 2.75) is 103 Å². The van der Waals surface area contributed by atoms with E-state index in [0.717, 1.165) is 36.2 Å². The molecule has 0 bridgehead atoms. The van der Waals surface area contributed by atoms with Gasteiger partial charge >= 0.3 is 5.97 Å². The maximum atomic E-state index is 11.9. The van der Waals surface area contributed by atoms with Crippen molar-refractivity contribution in [2.75, 3.05) is 6.61 Å². The van der Waals surface area contributed by atoms with E-state index in [0.29, 0.717) is 18.9 Å². The van der Waals surface area contributed by atoms with Crippen LogP contribution in [0.15, 0.2) is 36.4 Å². The highest BCUT2D eigenvalue weighted by atomic mass is 16.5. The zero-order valence-corrected chi connectivity index (χ0v) is 24.8. The fourth-order valence-electron chi connectivity index (χ4n) is 5.29. The average Bonchev–Trinajstić information content (AvgIpc) is 3.20. The van der Waals surface area contributed by atoms with Crippen LogP contribution in [0, 0.1) is 0 Å². The Bertz CT molecular complexity index is 1280. The van der Waals surface area contributed by atoms with Crippen molar-refractivity contribution < 1.29 is 14.6 Å². The SMILES string of the molecule is Cn1nc(CC(CC(=O)O)c2cc(C(C)(C)C)cc(C(C)(C)C)c2)cc1OCCc1ccc2c(n1)CCCC2. The number of carbonyl (C=O) groups is 1. The summed E-state index contributed by atoms with van der Waals surface area (Å²) in [6.07, 6.45) is 6.01. The number of nitrogens with zero attached hydrogens (tertiary/aromatic N) is 3. The molecule has 0 spiro atoms. The van der Waals surface area contributed by atoms with Crippen molar-refractivity contribution in [1.29, 1.82) is 0 Å². The minimum Gasteiger partial charge on any atom is -0.481 e. The lowest BCUT2D eigenvalue weighted by molar-refractivity contribution is -0.137. The first-order chi connectivity index (χ1) is 18.3.